The van der Waals surface area contributed by atoms with Crippen LogP contribution < -0.4 is 10.2 Å². The van der Waals surface area contributed by atoms with Crippen LogP contribution in [-0.2, 0) is 6.42 Å². The molecule has 1 aromatic carbocycles. The Bertz CT molecular complexity index is 795. The smallest absolute Gasteiger partial charge is 0.371 e. The van der Waals surface area contributed by atoms with Gasteiger partial charge in [0.05, 0.1) is 5.56 Å². The van der Waals surface area contributed by atoms with Crippen LogP contribution in [0.1, 0.15) is 22.8 Å². The zero-order valence-electron chi connectivity index (χ0n) is 13.4. The topological polar surface area (TPSA) is 45.2 Å². The summed E-state index contributed by atoms with van der Waals surface area (Å²) in [5.41, 5.74) is -1.79. The van der Waals surface area contributed by atoms with E-state index in [2.05, 4.69) is 22.1 Å². The lowest BCUT2D eigenvalue weighted by Gasteiger charge is -2.17. The average Bonchev–Trinajstić information content (AvgIpc) is 2.96. The van der Waals surface area contributed by atoms with Gasteiger partial charge in [-0.2, -0.15) is 13.2 Å². The Kier molecular flexibility index (Phi) is 4.89. The molecule has 2 aromatic rings. The van der Waals surface area contributed by atoms with Crippen molar-refractivity contribution in [2.24, 2.45) is 0 Å². The normalized spacial score (nSPS) is 13.7. The molecule has 0 atom stereocenters. The van der Waals surface area contributed by atoms with E-state index in [0.29, 0.717) is 5.69 Å². The molecule has 0 spiro atoms. The van der Waals surface area contributed by atoms with E-state index in [0.717, 1.165) is 25.2 Å². The SMILES string of the molecule is CCN1CCc2ccc(NC(=O)c3cccnc3SC(F)(F)F)cc21. The van der Waals surface area contributed by atoms with E-state index in [1.807, 2.05) is 12.1 Å². The molecule has 1 aliphatic heterocycles. The van der Waals surface area contributed by atoms with Crippen molar-refractivity contribution in [3.63, 3.8) is 0 Å². The monoisotopic (exact) mass is 367 g/mol. The third-order valence-electron chi connectivity index (χ3n) is 3.94. The van der Waals surface area contributed by atoms with Crippen LogP contribution in [0.4, 0.5) is 24.5 Å². The minimum Gasteiger partial charge on any atom is -0.371 e. The summed E-state index contributed by atoms with van der Waals surface area (Å²) in [6.45, 7) is 3.84. The van der Waals surface area contributed by atoms with Crippen LogP contribution in [0.2, 0.25) is 0 Å². The van der Waals surface area contributed by atoms with E-state index in [1.165, 1.54) is 23.9 Å². The molecule has 0 bridgehead atoms. The summed E-state index contributed by atoms with van der Waals surface area (Å²) in [7, 11) is 0. The lowest BCUT2D eigenvalue weighted by molar-refractivity contribution is -0.0329. The molecular weight excluding hydrogens is 351 g/mol. The number of carbonyl (C=O) groups is 1. The van der Waals surface area contributed by atoms with E-state index < -0.39 is 11.4 Å². The first-order valence-electron chi connectivity index (χ1n) is 7.77. The number of halogens is 3. The average molecular weight is 367 g/mol. The number of anilines is 2. The summed E-state index contributed by atoms with van der Waals surface area (Å²) in [6, 6.07) is 8.34. The fraction of sp³-hybridized carbons (Fsp3) is 0.294. The number of nitrogens with zero attached hydrogens (tertiary/aromatic N) is 2. The molecule has 8 heteroatoms. The molecule has 1 aromatic heterocycles. The van der Waals surface area contributed by atoms with E-state index in [1.54, 1.807) is 6.07 Å². The number of nitrogens with one attached hydrogen (secondary N) is 1. The number of thioether (sulfide) groups is 1. The van der Waals surface area contributed by atoms with Gasteiger partial charge in [0.25, 0.3) is 5.91 Å². The van der Waals surface area contributed by atoms with Crippen LogP contribution in [0.5, 0.6) is 0 Å². The molecule has 0 saturated carbocycles. The fourth-order valence-corrected chi connectivity index (χ4v) is 3.41. The Morgan fingerprint density at radius 3 is 2.88 bits per heavy atom. The number of hydrogen-bond donors (Lipinski definition) is 1. The van der Waals surface area contributed by atoms with Gasteiger partial charge in [-0.15, -0.1) is 0 Å². The molecule has 2 heterocycles. The van der Waals surface area contributed by atoms with Gasteiger partial charge in [-0.1, -0.05) is 6.07 Å². The molecule has 4 nitrogen and oxygen atoms in total. The largest absolute Gasteiger partial charge is 0.447 e. The van der Waals surface area contributed by atoms with E-state index in [-0.39, 0.29) is 22.4 Å². The van der Waals surface area contributed by atoms with Gasteiger partial charge in [-0.25, -0.2) is 4.98 Å². The van der Waals surface area contributed by atoms with Gasteiger partial charge in [0.2, 0.25) is 0 Å². The van der Waals surface area contributed by atoms with Crippen molar-refractivity contribution in [2.45, 2.75) is 23.9 Å². The number of alkyl halides is 3. The lowest BCUT2D eigenvalue weighted by atomic mass is 10.1. The summed E-state index contributed by atoms with van der Waals surface area (Å²) in [5.74, 6) is -0.610. The van der Waals surface area contributed by atoms with Gasteiger partial charge in [0.1, 0.15) is 5.03 Å². The Balaban J connectivity index is 1.82. The summed E-state index contributed by atoms with van der Waals surface area (Å²) in [6.07, 6.45) is 2.19. The molecule has 0 unspecified atom stereocenters. The molecular formula is C17H16F3N3OS. The minimum atomic E-state index is -4.50. The first-order valence-corrected chi connectivity index (χ1v) is 8.59. The number of fused-ring (bicyclic) bond motifs is 1. The second kappa shape index (κ2) is 6.95. The highest BCUT2D eigenvalue weighted by Gasteiger charge is 2.32. The van der Waals surface area contributed by atoms with Crippen LogP contribution in [-0.4, -0.2) is 29.5 Å². The molecule has 0 aliphatic carbocycles. The van der Waals surface area contributed by atoms with Crippen LogP contribution in [0.25, 0.3) is 0 Å². The van der Waals surface area contributed by atoms with Crippen molar-refractivity contribution in [3.05, 3.63) is 47.7 Å². The van der Waals surface area contributed by atoms with Crippen molar-refractivity contribution in [3.8, 4) is 0 Å². The third-order valence-corrected chi connectivity index (χ3v) is 4.69. The molecule has 132 valence electrons. The quantitative estimate of drug-likeness (QED) is 0.817. The van der Waals surface area contributed by atoms with Crippen molar-refractivity contribution in [1.29, 1.82) is 0 Å². The molecule has 0 radical (unpaired) electrons. The minimum absolute atomic E-state index is 0.0994. The van der Waals surface area contributed by atoms with E-state index >= 15 is 0 Å². The number of hydrogen-bond acceptors (Lipinski definition) is 4. The van der Waals surface area contributed by atoms with Gasteiger partial charge < -0.3 is 10.2 Å². The second-order valence-corrected chi connectivity index (χ2v) is 6.58. The third kappa shape index (κ3) is 4.07. The van der Waals surface area contributed by atoms with Crippen molar-refractivity contribution in [2.75, 3.05) is 23.3 Å². The number of pyridine rings is 1. The number of likely N-dealkylation sites (N-methyl/N-ethyl adjacent to an activating group) is 1. The predicted molar refractivity (Wildman–Crippen MR) is 92.1 cm³/mol. The summed E-state index contributed by atoms with van der Waals surface area (Å²) in [5, 5.41) is 2.31. The molecule has 1 N–H and O–H groups in total. The van der Waals surface area contributed by atoms with Crippen LogP contribution in [0.15, 0.2) is 41.6 Å². The number of aromatic nitrogens is 1. The van der Waals surface area contributed by atoms with Crippen LogP contribution in [0.3, 0.4) is 0 Å². The van der Waals surface area contributed by atoms with Gasteiger partial charge in [0, 0.05) is 42.4 Å². The zero-order valence-corrected chi connectivity index (χ0v) is 14.2. The fourth-order valence-electron chi connectivity index (χ4n) is 2.80. The number of carbonyl (C=O) groups excluding carboxylic acids is 1. The highest BCUT2D eigenvalue weighted by atomic mass is 32.2. The Hall–Kier alpha value is -2.22. The highest BCUT2D eigenvalue weighted by Crippen LogP contribution is 2.37. The first-order chi connectivity index (χ1) is 11.9. The van der Waals surface area contributed by atoms with Gasteiger partial charge in [-0.05, 0) is 43.2 Å². The summed E-state index contributed by atoms with van der Waals surface area (Å²) >= 11 is -0.390. The predicted octanol–water partition coefficient (Wildman–Crippen LogP) is 4.33. The van der Waals surface area contributed by atoms with Crippen molar-refractivity contribution in [1.82, 2.24) is 4.98 Å². The highest BCUT2D eigenvalue weighted by molar-refractivity contribution is 8.00. The van der Waals surface area contributed by atoms with Gasteiger partial charge >= 0.3 is 5.51 Å². The Morgan fingerprint density at radius 1 is 1.36 bits per heavy atom. The van der Waals surface area contributed by atoms with Crippen molar-refractivity contribution >= 4 is 29.0 Å². The second-order valence-electron chi connectivity index (χ2n) is 5.53. The van der Waals surface area contributed by atoms with Gasteiger partial charge in [0.15, 0.2) is 0 Å². The number of rotatable bonds is 4. The lowest BCUT2D eigenvalue weighted by Crippen LogP contribution is -2.19. The Morgan fingerprint density at radius 2 is 2.16 bits per heavy atom. The van der Waals surface area contributed by atoms with Crippen LogP contribution >= 0.6 is 11.8 Å². The van der Waals surface area contributed by atoms with Crippen LogP contribution in [0, 0.1) is 0 Å². The molecule has 0 fully saturated rings. The van der Waals surface area contributed by atoms with Gasteiger partial charge in [-0.3, -0.25) is 4.79 Å². The molecule has 1 aliphatic rings. The number of amides is 1. The first kappa shape index (κ1) is 17.6. The maximum atomic E-state index is 12.6. The molecule has 25 heavy (non-hydrogen) atoms. The Labute approximate surface area is 147 Å². The molecule has 0 saturated heterocycles. The van der Waals surface area contributed by atoms with Crippen molar-refractivity contribution < 1.29 is 18.0 Å². The zero-order chi connectivity index (χ0) is 18.0. The standard InChI is InChI=1S/C17H16F3N3OS/c1-2-23-9-7-11-5-6-12(10-14(11)23)22-15(24)13-4-3-8-21-16(13)25-17(18,19)20/h3-6,8,10H,2,7,9H2,1H3,(H,22,24). The summed E-state index contributed by atoms with van der Waals surface area (Å²) < 4.78 is 37.9. The summed E-state index contributed by atoms with van der Waals surface area (Å²) in [4.78, 5) is 18.3. The van der Waals surface area contributed by atoms with E-state index in [4.69, 9.17) is 0 Å². The molecule has 3 rings (SSSR count). The maximum Gasteiger partial charge on any atom is 0.447 e. The van der Waals surface area contributed by atoms with E-state index in [9.17, 15) is 18.0 Å². The maximum absolute atomic E-state index is 12.6. The number of benzene rings is 1. The molecule has 1 amide bonds.